The first kappa shape index (κ1) is 16.3. The zero-order valence-corrected chi connectivity index (χ0v) is 15.8. The van der Waals surface area contributed by atoms with Gasteiger partial charge in [-0.2, -0.15) is 15.1 Å². The van der Waals surface area contributed by atoms with Gasteiger partial charge in [0.05, 0.1) is 17.7 Å². The smallest absolute Gasteiger partial charge is 0.229 e. The van der Waals surface area contributed by atoms with Crippen LogP contribution in [-0.4, -0.2) is 66.4 Å². The Balaban J connectivity index is 1.30. The summed E-state index contributed by atoms with van der Waals surface area (Å²) in [5.74, 6) is 2.07. The van der Waals surface area contributed by atoms with E-state index in [9.17, 15) is 5.11 Å². The van der Waals surface area contributed by atoms with Gasteiger partial charge in [-0.1, -0.05) is 0 Å². The zero-order valence-electron chi connectivity index (χ0n) is 15.8. The number of H-pyrrole nitrogens is 2. The standard InChI is InChI=1S/C19H24N8O/c1-26(11-5-12-7-14-8-13(6-11)27(12)14)19-22-17-15(2-3-20-17)18(23-19)21-16-4-10(9-28)24-25-16/h2-4,11-14,28H,5-9H2,1H3,(H3,20,21,22,23,24,25)/t11-,12+,13-,14?. The molecule has 0 amide bonds. The summed E-state index contributed by atoms with van der Waals surface area (Å²) in [4.78, 5) is 17.8. The van der Waals surface area contributed by atoms with Crippen molar-refractivity contribution in [1.29, 1.82) is 0 Å². The second-order valence-electron chi connectivity index (χ2n) is 8.29. The minimum atomic E-state index is -0.0755. The van der Waals surface area contributed by atoms with Gasteiger partial charge in [0.15, 0.2) is 5.82 Å². The highest BCUT2D eigenvalue weighted by molar-refractivity contribution is 5.89. The van der Waals surface area contributed by atoms with Crippen LogP contribution in [0.4, 0.5) is 17.6 Å². The number of aliphatic hydroxyl groups excluding tert-OH is 1. The van der Waals surface area contributed by atoms with Crippen LogP contribution in [0.3, 0.4) is 0 Å². The highest BCUT2D eigenvalue weighted by atomic mass is 16.3. The molecule has 3 fully saturated rings. The third kappa shape index (κ3) is 2.36. The minimum Gasteiger partial charge on any atom is -0.390 e. The molecule has 3 aliphatic heterocycles. The Morgan fingerprint density at radius 1 is 1.21 bits per heavy atom. The summed E-state index contributed by atoms with van der Waals surface area (Å²) in [5, 5.41) is 20.4. The fourth-order valence-electron chi connectivity index (χ4n) is 5.28. The molecule has 6 heterocycles. The number of fused-ring (bicyclic) bond motifs is 1. The molecular weight excluding hydrogens is 356 g/mol. The van der Waals surface area contributed by atoms with Crippen molar-refractivity contribution in [3.63, 3.8) is 0 Å². The quantitative estimate of drug-likeness (QED) is 0.534. The Kier molecular flexibility index (Phi) is 3.45. The summed E-state index contributed by atoms with van der Waals surface area (Å²) in [5.41, 5.74) is 1.47. The highest BCUT2D eigenvalue weighted by Crippen LogP contribution is 2.49. The number of nitrogens with zero attached hydrogens (tertiary/aromatic N) is 5. The fourth-order valence-corrected chi connectivity index (χ4v) is 5.28. The van der Waals surface area contributed by atoms with E-state index in [0.717, 1.165) is 35.1 Å². The lowest BCUT2D eigenvalue weighted by Gasteiger charge is -2.66. The largest absolute Gasteiger partial charge is 0.390 e. The molecule has 0 spiro atoms. The third-order valence-electron chi connectivity index (χ3n) is 6.76. The molecule has 3 saturated heterocycles. The first-order valence-electron chi connectivity index (χ1n) is 9.97. The number of anilines is 3. The Morgan fingerprint density at radius 3 is 2.71 bits per heavy atom. The first-order chi connectivity index (χ1) is 13.7. The number of aromatic nitrogens is 5. The van der Waals surface area contributed by atoms with Gasteiger partial charge in [-0.15, -0.1) is 0 Å². The lowest BCUT2D eigenvalue weighted by atomic mass is 9.68. The topological polar surface area (TPSA) is 109 Å². The number of nitrogens with one attached hydrogen (secondary N) is 3. The van der Waals surface area contributed by atoms with E-state index in [2.05, 4.69) is 37.3 Å². The fraction of sp³-hybridized carbons (Fsp3) is 0.526. The van der Waals surface area contributed by atoms with Crippen LogP contribution in [0.1, 0.15) is 31.4 Å². The highest BCUT2D eigenvalue weighted by Gasteiger charge is 2.55. The molecule has 3 aliphatic rings. The summed E-state index contributed by atoms with van der Waals surface area (Å²) < 4.78 is 0. The van der Waals surface area contributed by atoms with Crippen LogP contribution in [0.15, 0.2) is 18.3 Å². The number of hydrogen-bond donors (Lipinski definition) is 4. The molecule has 1 unspecified atom stereocenters. The van der Waals surface area contributed by atoms with Crippen LogP contribution in [0.2, 0.25) is 0 Å². The van der Waals surface area contributed by atoms with Gasteiger partial charge in [-0.3, -0.25) is 10.00 Å². The lowest BCUT2D eigenvalue weighted by molar-refractivity contribution is -0.148. The van der Waals surface area contributed by atoms with E-state index in [1.807, 2.05) is 12.3 Å². The van der Waals surface area contributed by atoms with Gasteiger partial charge in [-0.05, 0) is 31.7 Å². The van der Waals surface area contributed by atoms with Crippen molar-refractivity contribution >= 4 is 28.6 Å². The normalized spacial score (nSPS) is 28.5. The van der Waals surface area contributed by atoms with Crippen LogP contribution >= 0.6 is 0 Å². The second kappa shape index (κ2) is 5.92. The van der Waals surface area contributed by atoms with Crippen LogP contribution in [0.25, 0.3) is 11.0 Å². The molecule has 6 rings (SSSR count). The van der Waals surface area contributed by atoms with Gasteiger partial charge in [0.1, 0.15) is 11.5 Å². The van der Waals surface area contributed by atoms with E-state index in [1.54, 1.807) is 6.07 Å². The minimum absolute atomic E-state index is 0.0755. The van der Waals surface area contributed by atoms with E-state index in [4.69, 9.17) is 9.97 Å². The van der Waals surface area contributed by atoms with Crippen LogP contribution in [0, 0.1) is 0 Å². The van der Waals surface area contributed by atoms with Crippen LogP contribution in [0.5, 0.6) is 0 Å². The van der Waals surface area contributed by atoms with Gasteiger partial charge < -0.3 is 20.3 Å². The lowest BCUT2D eigenvalue weighted by Crippen LogP contribution is -2.74. The van der Waals surface area contributed by atoms with Crippen molar-refractivity contribution < 1.29 is 5.11 Å². The molecule has 4 N–H and O–H groups in total. The zero-order chi connectivity index (χ0) is 18.8. The second-order valence-corrected chi connectivity index (χ2v) is 8.29. The van der Waals surface area contributed by atoms with E-state index >= 15 is 0 Å². The Bertz CT molecular complexity index is 1010. The van der Waals surface area contributed by atoms with Crippen molar-refractivity contribution in [2.75, 3.05) is 17.3 Å². The monoisotopic (exact) mass is 380 g/mol. The molecular formula is C19H24N8O. The molecule has 146 valence electrons. The van der Waals surface area contributed by atoms with Crippen molar-refractivity contribution in [2.45, 2.75) is 56.5 Å². The van der Waals surface area contributed by atoms with E-state index in [1.165, 1.54) is 25.7 Å². The maximum absolute atomic E-state index is 9.25. The van der Waals surface area contributed by atoms with Crippen molar-refractivity contribution in [3.05, 3.63) is 24.0 Å². The average Bonchev–Trinajstić information content (AvgIpc) is 3.31. The van der Waals surface area contributed by atoms with Crippen LogP contribution in [-0.2, 0) is 6.61 Å². The molecule has 0 bridgehead atoms. The summed E-state index contributed by atoms with van der Waals surface area (Å²) in [6.45, 7) is -0.0755. The Morgan fingerprint density at radius 2 is 2.00 bits per heavy atom. The SMILES string of the molecule is CN(c1nc(Nc2cc(CO)[nH]n2)c2cc[nH]c2n1)[C@@H]1C[C@H]2CC3C[C@@H](C1)N32. The Labute approximate surface area is 162 Å². The number of piperidine rings is 2. The van der Waals surface area contributed by atoms with Gasteiger partial charge in [0, 0.05) is 43.5 Å². The van der Waals surface area contributed by atoms with Gasteiger partial charge >= 0.3 is 0 Å². The molecule has 0 aromatic carbocycles. The molecule has 28 heavy (non-hydrogen) atoms. The average molecular weight is 380 g/mol. The number of aliphatic hydroxyl groups is 1. The van der Waals surface area contributed by atoms with Gasteiger partial charge in [0.2, 0.25) is 5.95 Å². The molecule has 3 aromatic rings. The molecule has 0 radical (unpaired) electrons. The molecule has 9 nitrogen and oxygen atoms in total. The maximum atomic E-state index is 9.25. The van der Waals surface area contributed by atoms with Gasteiger partial charge in [-0.25, -0.2) is 0 Å². The number of hydrogen-bond acceptors (Lipinski definition) is 7. The summed E-state index contributed by atoms with van der Waals surface area (Å²) >= 11 is 0. The summed E-state index contributed by atoms with van der Waals surface area (Å²) in [6, 6.07) is 6.59. The molecule has 3 aromatic heterocycles. The molecule has 4 atom stereocenters. The molecule has 9 heteroatoms. The third-order valence-corrected chi connectivity index (χ3v) is 6.76. The molecule has 0 aliphatic carbocycles. The predicted molar refractivity (Wildman–Crippen MR) is 106 cm³/mol. The van der Waals surface area contributed by atoms with Crippen molar-refractivity contribution in [3.8, 4) is 0 Å². The first-order valence-corrected chi connectivity index (χ1v) is 9.97. The predicted octanol–water partition coefficient (Wildman–Crippen LogP) is 1.73. The summed E-state index contributed by atoms with van der Waals surface area (Å²) in [6.07, 6.45) is 6.97. The maximum Gasteiger partial charge on any atom is 0.229 e. The van der Waals surface area contributed by atoms with Crippen molar-refractivity contribution in [1.82, 2.24) is 30.0 Å². The number of aromatic amines is 2. The molecule has 0 saturated carbocycles. The van der Waals surface area contributed by atoms with Crippen LogP contribution < -0.4 is 10.2 Å². The van der Waals surface area contributed by atoms with Gasteiger partial charge in [0.25, 0.3) is 0 Å². The summed E-state index contributed by atoms with van der Waals surface area (Å²) in [7, 11) is 2.11. The van der Waals surface area contributed by atoms with Crippen molar-refractivity contribution in [2.24, 2.45) is 0 Å². The Hall–Kier alpha value is -2.65. The van der Waals surface area contributed by atoms with E-state index in [-0.39, 0.29) is 6.61 Å². The van der Waals surface area contributed by atoms with E-state index in [0.29, 0.717) is 23.4 Å². The van der Waals surface area contributed by atoms with E-state index < -0.39 is 0 Å². The number of rotatable bonds is 5.